The number of aliphatic hydroxyl groups is 1. The monoisotopic (exact) mass is 291 g/mol. The molecule has 0 unspecified atom stereocenters. The third-order valence-corrected chi connectivity index (χ3v) is 5.21. The Balaban J connectivity index is 1.82. The number of aryl methyl sites for hydroxylation is 2. The molecule has 1 N–H and O–H groups in total. The molecule has 4 heteroatoms. The van der Waals surface area contributed by atoms with E-state index in [-0.39, 0.29) is 24.0 Å². The fourth-order valence-electron chi connectivity index (χ4n) is 4.11. The molecule has 2 fully saturated rings. The van der Waals surface area contributed by atoms with Crippen molar-refractivity contribution >= 4 is 5.91 Å². The summed E-state index contributed by atoms with van der Waals surface area (Å²) in [6.45, 7) is 4.57. The second-order valence-electron chi connectivity index (χ2n) is 6.57. The van der Waals surface area contributed by atoms with Crippen molar-refractivity contribution in [2.45, 2.75) is 64.5 Å². The Hall–Kier alpha value is -1.29. The number of hydrogen-bond donors (Lipinski definition) is 1. The van der Waals surface area contributed by atoms with Gasteiger partial charge in [0.15, 0.2) is 0 Å². The fourth-order valence-corrected chi connectivity index (χ4v) is 4.11. The van der Waals surface area contributed by atoms with E-state index in [2.05, 4.69) is 0 Å². The number of aliphatic hydroxyl groups excluding tert-OH is 1. The van der Waals surface area contributed by atoms with Crippen LogP contribution < -0.4 is 0 Å². The van der Waals surface area contributed by atoms with Crippen LogP contribution in [0, 0.1) is 19.8 Å². The summed E-state index contributed by atoms with van der Waals surface area (Å²) in [5, 5.41) is 10.3. The molecule has 0 aromatic carbocycles. The summed E-state index contributed by atoms with van der Waals surface area (Å²) in [5.41, 5.74) is 1.62. The lowest BCUT2D eigenvalue weighted by Crippen LogP contribution is -2.45. The highest BCUT2D eigenvalue weighted by molar-refractivity contribution is 5.96. The Labute approximate surface area is 126 Å². The van der Waals surface area contributed by atoms with Crippen LogP contribution in [0.2, 0.25) is 0 Å². The number of furan rings is 1. The number of nitrogens with zero attached hydrogens (tertiary/aromatic N) is 1. The van der Waals surface area contributed by atoms with Crippen LogP contribution in [0.25, 0.3) is 0 Å². The maximum Gasteiger partial charge on any atom is 0.257 e. The standard InChI is InChI=1S/C17H25NO3/c1-11-10-21-12(2)16(11)17(20)18-9-5-7-14(18)13-6-3-4-8-15(13)19/h10,13-15,19H,3-9H2,1-2H3/t13-,14+,15+/m0/s1. The van der Waals surface area contributed by atoms with Crippen molar-refractivity contribution in [1.82, 2.24) is 4.90 Å². The van der Waals surface area contributed by atoms with Crippen molar-refractivity contribution in [1.29, 1.82) is 0 Å². The summed E-state index contributed by atoms with van der Waals surface area (Å²) in [4.78, 5) is 14.9. The first kappa shape index (κ1) is 14.6. The van der Waals surface area contributed by atoms with Gasteiger partial charge >= 0.3 is 0 Å². The Morgan fingerprint density at radius 2 is 2.00 bits per heavy atom. The molecule has 3 atom stereocenters. The van der Waals surface area contributed by atoms with Gasteiger partial charge in [-0.15, -0.1) is 0 Å². The van der Waals surface area contributed by atoms with E-state index < -0.39 is 0 Å². The molecule has 21 heavy (non-hydrogen) atoms. The molecule has 1 aliphatic carbocycles. The van der Waals surface area contributed by atoms with Crippen LogP contribution in [0.4, 0.5) is 0 Å². The number of amides is 1. The topological polar surface area (TPSA) is 53.7 Å². The van der Waals surface area contributed by atoms with Crippen LogP contribution in [0.1, 0.15) is 60.2 Å². The third-order valence-electron chi connectivity index (χ3n) is 5.21. The Morgan fingerprint density at radius 3 is 2.67 bits per heavy atom. The van der Waals surface area contributed by atoms with Gasteiger partial charge in [0.1, 0.15) is 5.76 Å². The Morgan fingerprint density at radius 1 is 1.24 bits per heavy atom. The molecule has 2 aliphatic rings. The molecule has 4 nitrogen and oxygen atoms in total. The zero-order valence-corrected chi connectivity index (χ0v) is 13.0. The van der Waals surface area contributed by atoms with Gasteiger partial charge in [-0.25, -0.2) is 0 Å². The van der Waals surface area contributed by atoms with E-state index in [0.717, 1.165) is 44.2 Å². The van der Waals surface area contributed by atoms with Crippen LogP contribution in [0.5, 0.6) is 0 Å². The lowest BCUT2D eigenvalue weighted by atomic mass is 9.80. The first-order valence-corrected chi connectivity index (χ1v) is 8.13. The zero-order valence-electron chi connectivity index (χ0n) is 13.0. The maximum atomic E-state index is 12.9. The van der Waals surface area contributed by atoms with Crippen molar-refractivity contribution in [3.05, 3.63) is 23.2 Å². The van der Waals surface area contributed by atoms with Gasteiger partial charge in [-0.2, -0.15) is 0 Å². The van der Waals surface area contributed by atoms with E-state index in [0.29, 0.717) is 11.3 Å². The summed E-state index contributed by atoms with van der Waals surface area (Å²) in [6.07, 6.45) is 7.67. The minimum Gasteiger partial charge on any atom is -0.469 e. The van der Waals surface area contributed by atoms with Crippen molar-refractivity contribution in [2.24, 2.45) is 5.92 Å². The second-order valence-corrected chi connectivity index (χ2v) is 6.57. The molecule has 0 spiro atoms. The molecule has 116 valence electrons. The highest BCUT2D eigenvalue weighted by Crippen LogP contribution is 2.36. The average Bonchev–Trinajstić information content (AvgIpc) is 3.06. The fraction of sp³-hybridized carbons (Fsp3) is 0.706. The van der Waals surface area contributed by atoms with E-state index in [4.69, 9.17) is 4.42 Å². The number of carbonyl (C=O) groups excluding carboxylic acids is 1. The van der Waals surface area contributed by atoms with Gasteiger partial charge in [0, 0.05) is 24.1 Å². The minimum absolute atomic E-state index is 0.0824. The third kappa shape index (κ3) is 2.61. The van der Waals surface area contributed by atoms with Gasteiger partial charge in [0.2, 0.25) is 0 Å². The van der Waals surface area contributed by atoms with Crippen molar-refractivity contribution < 1.29 is 14.3 Å². The molecule has 0 bridgehead atoms. The van der Waals surface area contributed by atoms with Crippen LogP contribution in [-0.2, 0) is 0 Å². The quantitative estimate of drug-likeness (QED) is 0.911. The lowest BCUT2D eigenvalue weighted by Gasteiger charge is -2.37. The number of likely N-dealkylation sites (tertiary alicyclic amines) is 1. The predicted octanol–water partition coefficient (Wildman–Crippen LogP) is 3.05. The highest BCUT2D eigenvalue weighted by atomic mass is 16.3. The van der Waals surface area contributed by atoms with E-state index in [1.807, 2.05) is 18.7 Å². The Bertz CT molecular complexity index is 503. The largest absolute Gasteiger partial charge is 0.469 e. The average molecular weight is 291 g/mol. The normalized spacial score (nSPS) is 29.9. The van der Waals surface area contributed by atoms with E-state index in [1.54, 1.807) is 6.26 Å². The van der Waals surface area contributed by atoms with E-state index in [9.17, 15) is 9.90 Å². The summed E-state index contributed by atoms with van der Waals surface area (Å²) in [6, 6.07) is 0.196. The zero-order chi connectivity index (χ0) is 15.0. The second kappa shape index (κ2) is 5.84. The number of rotatable bonds is 2. The van der Waals surface area contributed by atoms with Gasteiger partial charge < -0.3 is 14.4 Å². The molecular formula is C17H25NO3. The first-order chi connectivity index (χ1) is 10.1. The summed E-state index contributed by atoms with van der Waals surface area (Å²) < 4.78 is 5.38. The highest BCUT2D eigenvalue weighted by Gasteiger charge is 2.40. The van der Waals surface area contributed by atoms with Crippen LogP contribution in [-0.4, -0.2) is 34.6 Å². The van der Waals surface area contributed by atoms with Crippen molar-refractivity contribution in [3.8, 4) is 0 Å². The van der Waals surface area contributed by atoms with Crippen LogP contribution >= 0.6 is 0 Å². The summed E-state index contributed by atoms with van der Waals surface area (Å²) in [7, 11) is 0. The molecule has 1 aromatic heterocycles. The minimum atomic E-state index is -0.247. The van der Waals surface area contributed by atoms with Gasteiger partial charge in [-0.3, -0.25) is 4.79 Å². The molecule has 2 heterocycles. The smallest absolute Gasteiger partial charge is 0.257 e. The maximum absolute atomic E-state index is 12.9. The molecular weight excluding hydrogens is 266 g/mol. The molecule has 1 aliphatic heterocycles. The van der Waals surface area contributed by atoms with Crippen LogP contribution in [0.3, 0.4) is 0 Å². The van der Waals surface area contributed by atoms with Gasteiger partial charge in [0.05, 0.1) is 17.9 Å². The molecule has 3 rings (SSSR count). The predicted molar refractivity (Wildman–Crippen MR) is 80.2 cm³/mol. The van der Waals surface area contributed by atoms with Gasteiger partial charge in [-0.1, -0.05) is 12.8 Å². The first-order valence-electron chi connectivity index (χ1n) is 8.13. The molecule has 0 radical (unpaired) electrons. The van der Waals surface area contributed by atoms with E-state index >= 15 is 0 Å². The van der Waals surface area contributed by atoms with Gasteiger partial charge in [0.25, 0.3) is 5.91 Å². The molecule has 1 aromatic rings. The van der Waals surface area contributed by atoms with Crippen molar-refractivity contribution in [2.75, 3.05) is 6.54 Å². The van der Waals surface area contributed by atoms with Crippen molar-refractivity contribution in [3.63, 3.8) is 0 Å². The molecule has 1 saturated heterocycles. The van der Waals surface area contributed by atoms with E-state index in [1.165, 1.54) is 6.42 Å². The number of carbonyl (C=O) groups is 1. The van der Waals surface area contributed by atoms with Gasteiger partial charge in [-0.05, 0) is 39.5 Å². The number of hydrogen-bond acceptors (Lipinski definition) is 3. The SMILES string of the molecule is Cc1coc(C)c1C(=O)N1CCC[C@@H]1[C@@H]1CCCC[C@H]1O. The summed E-state index contributed by atoms with van der Waals surface area (Å²) >= 11 is 0. The van der Waals surface area contributed by atoms with Crippen LogP contribution in [0.15, 0.2) is 10.7 Å². The molecule has 1 saturated carbocycles. The Kier molecular flexibility index (Phi) is 4.07. The lowest BCUT2D eigenvalue weighted by molar-refractivity contribution is 0.0211. The molecule has 1 amide bonds. The summed E-state index contributed by atoms with van der Waals surface area (Å²) in [5.74, 6) is 1.03.